The number of hydrogen-bond donors (Lipinski definition) is 1. The summed E-state index contributed by atoms with van der Waals surface area (Å²) in [5.74, 6) is -0.236. The van der Waals surface area contributed by atoms with Gasteiger partial charge >= 0.3 is 5.69 Å². The van der Waals surface area contributed by atoms with Gasteiger partial charge in [-0.25, -0.2) is 0 Å². The molecule has 0 fully saturated rings. The van der Waals surface area contributed by atoms with Crippen molar-refractivity contribution in [2.45, 2.75) is 33.7 Å². The van der Waals surface area contributed by atoms with Crippen LogP contribution >= 0.6 is 0 Å². The smallest absolute Gasteiger partial charge is 0.313 e. The maximum atomic E-state index is 12.1. The Morgan fingerprint density at radius 1 is 1.16 bits per heavy atom. The van der Waals surface area contributed by atoms with Gasteiger partial charge in [-0.2, -0.15) is 0 Å². The van der Waals surface area contributed by atoms with E-state index in [-0.39, 0.29) is 30.0 Å². The second-order valence-electron chi connectivity index (χ2n) is 6.10. The van der Waals surface area contributed by atoms with Gasteiger partial charge in [-0.3, -0.25) is 14.9 Å². The third-order valence-corrected chi connectivity index (χ3v) is 4.15. The molecule has 1 N–H and O–H groups in total. The van der Waals surface area contributed by atoms with Crippen LogP contribution in [0.3, 0.4) is 0 Å². The second kappa shape index (κ2) is 7.79. The number of nitrogens with zero attached hydrogens (tertiary/aromatic N) is 1. The molecule has 2 rings (SSSR count). The molecule has 0 heterocycles. The predicted octanol–water partition coefficient (Wildman–Crippen LogP) is 3.78. The van der Waals surface area contributed by atoms with Crippen molar-refractivity contribution in [3.05, 3.63) is 68.8 Å². The Hall–Kier alpha value is -2.89. The Labute approximate surface area is 147 Å². The highest BCUT2D eigenvalue weighted by Gasteiger charge is 2.19. The first-order chi connectivity index (χ1) is 11.8. The summed E-state index contributed by atoms with van der Waals surface area (Å²) in [6, 6.07) is 10.6. The molecule has 132 valence electrons. The zero-order valence-electron chi connectivity index (χ0n) is 14.8. The fraction of sp³-hybridized carbons (Fsp3) is 0.316. The van der Waals surface area contributed by atoms with Crippen LogP contribution in [-0.4, -0.2) is 17.4 Å². The van der Waals surface area contributed by atoms with Gasteiger partial charge in [-0.05, 0) is 50.5 Å². The highest BCUT2D eigenvalue weighted by atomic mass is 16.6. The zero-order valence-corrected chi connectivity index (χ0v) is 14.8. The van der Waals surface area contributed by atoms with Gasteiger partial charge < -0.3 is 10.1 Å². The highest BCUT2D eigenvalue weighted by molar-refractivity contribution is 5.78. The summed E-state index contributed by atoms with van der Waals surface area (Å²) < 4.78 is 5.37. The SMILES string of the molecule is Cc1ccc(C(C)NC(=O)COc2cccc(C)c2[N+](=O)[O-])cc1C. The molecule has 0 bridgehead atoms. The lowest BCUT2D eigenvalue weighted by molar-refractivity contribution is -0.386. The van der Waals surface area contributed by atoms with E-state index in [1.165, 1.54) is 11.6 Å². The first kappa shape index (κ1) is 18.4. The first-order valence-corrected chi connectivity index (χ1v) is 8.03. The minimum Gasteiger partial charge on any atom is -0.477 e. The molecule has 0 saturated carbocycles. The van der Waals surface area contributed by atoms with Crippen LogP contribution in [0.15, 0.2) is 36.4 Å². The topological polar surface area (TPSA) is 81.5 Å². The van der Waals surface area contributed by atoms with E-state index in [2.05, 4.69) is 5.32 Å². The number of aryl methyl sites for hydroxylation is 3. The third kappa shape index (κ3) is 4.56. The van der Waals surface area contributed by atoms with Gasteiger partial charge in [0.05, 0.1) is 11.0 Å². The van der Waals surface area contributed by atoms with Crippen molar-refractivity contribution in [3.8, 4) is 5.75 Å². The molecule has 2 aromatic carbocycles. The number of nitrogens with one attached hydrogen (secondary N) is 1. The summed E-state index contributed by atoms with van der Waals surface area (Å²) in [6.07, 6.45) is 0. The minimum absolute atomic E-state index is 0.0963. The van der Waals surface area contributed by atoms with Gasteiger partial charge in [0.15, 0.2) is 12.4 Å². The van der Waals surface area contributed by atoms with Gasteiger partial charge in [-0.1, -0.05) is 30.3 Å². The van der Waals surface area contributed by atoms with Crippen molar-refractivity contribution in [1.82, 2.24) is 5.32 Å². The van der Waals surface area contributed by atoms with Crippen LogP contribution in [0.5, 0.6) is 5.75 Å². The molecule has 0 aliphatic rings. The summed E-state index contributed by atoms with van der Waals surface area (Å²) in [4.78, 5) is 22.7. The molecule has 0 aliphatic heterocycles. The molecule has 1 unspecified atom stereocenters. The van der Waals surface area contributed by atoms with Gasteiger partial charge in [0.25, 0.3) is 5.91 Å². The molecule has 0 spiro atoms. The summed E-state index contributed by atoms with van der Waals surface area (Å²) in [7, 11) is 0. The van der Waals surface area contributed by atoms with Crippen LogP contribution < -0.4 is 10.1 Å². The third-order valence-electron chi connectivity index (χ3n) is 4.15. The van der Waals surface area contributed by atoms with Gasteiger partial charge in [-0.15, -0.1) is 0 Å². The normalized spacial score (nSPS) is 11.7. The van der Waals surface area contributed by atoms with E-state index in [1.807, 2.05) is 39.0 Å². The molecule has 2 aromatic rings. The number of carbonyl (C=O) groups is 1. The number of para-hydroxylation sites is 1. The van der Waals surface area contributed by atoms with E-state index in [4.69, 9.17) is 4.74 Å². The molecular weight excluding hydrogens is 320 g/mol. The Balaban J connectivity index is 2.00. The van der Waals surface area contributed by atoms with Crippen LogP contribution in [0.2, 0.25) is 0 Å². The van der Waals surface area contributed by atoms with E-state index in [1.54, 1.807) is 19.1 Å². The molecule has 0 aromatic heterocycles. The number of benzene rings is 2. The van der Waals surface area contributed by atoms with Gasteiger partial charge in [0, 0.05) is 5.56 Å². The number of amides is 1. The molecule has 0 aliphatic carbocycles. The summed E-state index contributed by atoms with van der Waals surface area (Å²) in [5, 5.41) is 14.0. The Morgan fingerprint density at radius 2 is 1.88 bits per heavy atom. The lowest BCUT2D eigenvalue weighted by Gasteiger charge is -2.16. The van der Waals surface area contributed by atoms with Crippen molar-refractivity contribution in [1.29, 1.82) is 0 Å². The van der Waals surface area contributed by atoms with Crippen LogP contribution in [0, 0.1) is 30.9 Å². The molecule has 6 heteroatoms. The molecule has 1 amide bonds. The van der Waals surface area contributed by atoms with E-state index in [9.17, 15) is 14.9 Å². The molecule has 25 heavy (non-hydrogen) atoms. The monoisotopic (exact) mass is 342 g/mol. The maximum absolute atomic E-state index is 12.1. The number of hydrogen-bond acceptors (Lipinski definition) is 4. The minimum atomic E-state index is -0.500. The molecule has 6 nitrogen and oxygen atoms in total. The summed E-state index contributed by atoms with van der Waals surface area (Å²) >= 11 is 0. The van der Waals surface area contributed by atoms with Gasteiger partial charge in [0.2, 0.25) is 0 Å². The van der Waals surface area contributed by atoms with E-state index < -0.39 is 4.92 Å². The maximum Gasteiger partial charge on any atom is 0.313 e. The number of rotatable bonds is 6. The first-order valence-electron chi connectivity index (χ1n) is 8.03. The average Bonchev–Trinajstić information content (AvgIpc) is 2.55. The molecule has 0 saturated heterocycles. The highest BCUT2D eigenvalue weighted by Crippen LogP contribution is 2.30. The number of ether oxygens (including phenoxy) is 1. The molecule has 1 atom stereocenters. The second-order valence-corrected chi connectivity index (χ2v) is 6.10. The van der Waals surface area contributed by atoms with Crippen molar-refractivity contribution in [3.63, 3.8) is 0 Å². The number of nitro groups is 1. The van der Waals surface area contributed by atoms with Crippen LogP contribution in [0.4, 0.5) is 5.69 Å². The van der Waals surface area contributed by atoms with Crippen molar-refractivity contribution >= 4 is 11.6 Å². The Morgan fingerprint density at radius 3 is 2.52 bits per heavy atom. The molecular formula is C19H22N2O4. The quantitative estimate of drug-likeness (QED) is 0.640. The predicted molar refractivity (Wildman–Crippen MR) is 95.8 cm³/mol. The van der Waals surface area contributed by atoms with Crippen molar-refractivity contribution in [2.24, 2.45) is 0 Å². The Bertz CT molecular complexity index is 802. The van der Waals surface area contributed by atoms with Crippen LogP contribution in [-0.2, 0) is 4.79 Å². The zero-order chi connectivity index (χ0) is 18.6. The fourth-order valence-electron chi connectivity index (χ4n) is 2.53. The summed E-state index contributed by atoms with van der Waals surface area (Å²) in [6.45, 7) is 7.29. The lowest BCUT2D eigenvalue weighted by Crippen LogP contribution is -2.31. The van der Waals surface area contributed by atoms with Gasteiger partial charge in [0.1, 0.15) is 0 Å². The largest absolute Gasteiger partial charge is 0.477 e. The Kier molecular flexibility index (Phi) is 5.75. The fourth-order valence-corrected chi connectivity index (χ4v) is 2.53. The lowest BCUT2D eigenvalue weighted by atomic mass is 10.0. The van der Waals surface area contributed by atoms with Crippen LogP contribution in [0.25, 0.3) is 0 Å². The average molecular weight is 342 g/mol. The van der Waals surface area contributed by atoms with E-state index in [0.29, 0.717) is 5.56 Å². The van der Waals surface area contributed by atoms with Crippen molar-refractivity contribution in [2.75, 3.05) is 6.61 Å². The van der Waals surface area contributed by atoms with Crippen LogP contribution in [0.1, 0.15) is 35.2 Å². The molecule has 0 radical (unpaired) electrons. The summed E-state index contributed by atoms with van der Waals surface area (Å²) in [5.41, 5.74) is 3.73. The standard InChI is InChI=1S/C19H22N2O4/c1-12-8-9-16(10-14(12)3)15(4)20-18(22)11-25-17-7-5-6-13(2)19(17)21(23)24/h5-10,15H,11H2,1-4H3,(H,20,22). The van der Waals surface area contributed by atoms with E-state index >= 15 is 0 Å². The van der Waals surface area contributed by atoms with Crippen molar-refractivity contribution < 1.29 is 14.5 Å². The number of carbonyl (C=O) groups excluding carboxylic acids is 1. The van der Waals surface area contributed by atoms with E-state index in [0.717, 1.165) is 11.1 Å². The number of nitro benzene ring substituents is 1.